The standard InChI is InChI=1S/C10H18O2/c1-3-7-5-10(7,11)6-9-8(4-2)12-9/h7-9,11H,3-6H2,1-2H3. The summed E-state index contributed by atoms with van der Waals surface area (Å²) < 4.78 is 5.41. The van der Waals surface area contributed by atoms with Crippen LogP contribution in [-0.4, -0.2) is 22.9 Å². The van der Waals surface area contributed by atoms with E-state index in [-0.39, 0.29) is 5.60 Å². The molecule has 2 fully saturated rings. The summed E-state index contributed by atoms with van der Waals surface area (Å²) in [5.41, 5.74) is -0.344. The van der Waals surface area contributed by atoms with Crippen molar-refractivity contribution in [1.29, 1.82) is 0 Å². The highest BCUT2D eigenvalue weighted by Gasteiger charge is 2.56. The molecule has 12 heavy (non-hydrogen) atoms. The van der Waals surface area contributed by atoms with Crippen LogP contribution >= 0.6 is 0 Å². The van der Waals surface area contributed by atoms with Gasteiger partial charge in [-0.15, -0.1) is 0 Å². The molecule has 2 aliphatic rings. The van der Waals surface area contributed by atoms with E-state index >= 15 is 0 Å². The van der Waals surface area contributed by atoms with E-state index in [4.69, 9.17) is 4.74 Å². The van der Waals surface area contributed by atoms with Crippen molar-refractivity contribution >= 4 is 0 Å². The Morgan fingerprint density at radius 3 is 2.50 bits per heavy atom. The van der Waals surface area contributed by atoms with Crippen LogP contribution in [0.1, 0.15) is 39.5 Å². The van der Waals surface area contributed by atoms with Crippen LogP contribution in [-0.2, 0) is 4.74 Å². The first-order valence-corrected chi connectivity index (χ1v) is 5.07. The number of aliphatic hydroxyl groups is 1. The molecule has 1 heterocycles. The highest BCUT2D eigenvalue weighted by molar-refractivity contribution is 5.06. The van der Waals surface area contributed by atoms with Crippen molar-refractivity contribution in [3.63, 3.8) is 0 Å². The molecule has 0 aromatic heterocycles. The molecule has 0 aromatic rings. The number of epoxide rings is 1. The minimum absolute atomic E-state index is 0.344. The predicted octanol–water partition coefficient (Wildman–Crippen LogP) is 1.71. The second kappa shape index (κ2) is 2.71. The maximum Gasteiger partial charge on any atom is 0.0869 e. The lowest BCUT2D eigenvalue weighted by Crippen LogP contribution is -2.15. The lowest BCUT2D eigenvalue weighted by Gasteiger charge is -2.06. The molecule has 0 radical (unpaired) electrons. The zero-order chi connectivity index (χ0) is 8.77. The van der Waals surface area contributed by atoms with Gasteiger partial charge in [0.1, 0.15) is 0 Å². The van der Waals surface area contributed by atoms with E-state index in [9.17, 15) is 5.11 Å². The third kappa shape index (κ3) is 1.38. The average molecular weight is 170 g/mol. The van der Waals surface area contributed by atoms with Crippen molar-refractivity contribution in [3.05, 3.63) is 0 Å². The molecule has 0 bridgehead atoms. The first-order valence-electron chi connectivity index (χ1n) is 5.07. The van der Waals surface area contributed by atoms with Gasteiger partial charge in [-0.25, -0.2) is 0 Å². The molecule has 4 atom stereocenters. The zero-order valence-electron chi connectivity index (χ0n) is 7.92. The third-order valence-electron chi connectivity index (χ3n) is 3.34. The Labute approximate surface area is 73.9 Å². The smallest absolute Gasteiger partial charge is 0.0869 e. The summed E-state index contributed by atoms with van der Waals surface area (Å²) in [7, 11) is 0. The summed E-state index contributed by atoms with van der Waals surface area (Å²) in [5.74, 6) is 0.555. The molecule has 1 aliphatic heterocycles. The number of hydrogen-bond donors (Lipinski definition) is 1. The van der Waals surface area contributed by atoms with Crippen LogP contribution in [0.5, 0.6) is 0 Å². The molecule has 2 heteroatoms. The SMILES string of the molecule is CCC1OC1CC1(O)CC1CC. The third-order valence-corrected chi connectivity index (χ3v) is 3.34. The summed E-state index contributed by atoms with van der Waals surface area (Å²) in [5, 5.41) is 9.93. The number of hydrogen-bond acceptors (Lipinski definition) is 2. The Morgan fingerprint density at radius 2 is 2.08 bits per heavy atom. The lowest BCUT2D eigenvalue weighted by molar-refractivity contribution is 0.109. The normalized spacial score (nSPS) is 50.8. The highest BCUT2D eigenvalue weighted by Crippen LogP contribution is 2.51. The molecule has 0 aromatic carbocycles. The maximum atomic E-state index is 9.93. The van der Waals surface area contributed by atoms with Gasteiger partial charge in [0.05, 0.1) is 17.8 Å². The van der Waals surface area contributed by atoms with Gasteiger partial charge in [0, 0.05) is 6.42 Å². The van der Waals surface area contributed by atoms with Gasteiger partial charge in [0.25, 0.3) is 0 Å². The van der Waals surface area contributed by atoms with Crippen LogP contribution < -0.4 is 0 Å². The Hall–Kier alpha value is -0.0800. The van der Waals surface area contributed by atoms with E-state index in [1.54, 1.807) is 0 Å². The van der Waals surface area contributed by atoms with Crippen LogP contribution in [0.25, 0.3) is 0 Å². The molecule has 1 saturated carbocycles. The van der Waals surface area contributed by atoms with Gasteiger partial charge in [-0.05, 0) is 18.8 Å². The quantitative estimate of drug-likeness (QED) is 0.651. The minimum Gasteiger partial charge on any atom is -0.389 e. The molecular formula is C10H18O2. The lowest BCUT2D eigenvalue weighted by atomic mass is 10.1. The maximum absolute atomic E-state index is 9.93. The molecule has 0 amide bonds. The summed E-state index contributed by atoms with van der Waals surface area (Å²) in [6.07, 6.45) is 4.91. The second-order valence-corrected chi connectivity index (χ2v) is 4.24. The Morgan fingerprint density at radius 1 is 1.33 bits per heavy atom. The van der Waals surface area contributed by atoms with E-state index in [1.165, 1.54) is 0 Å². The predicted molar refractivity (Wildman–Crippen MR) is 46.9 cm³/mol. The van der Waals surface area contributed by atoms with Gasteiger partial charge in [-0.2, -0.15) is 0 Å². The van der Waals surface area contributed by atoms with E-state index in [1.807, 2.05) is 0 Å². The van der Waals surface area contributed by atoms with Gasteiger partial charge in [0.2, 0.25) is 0 Å². The molecular weight excluding hydrogens is 152 g/mol. The van der Waals surface area contributed by atoms with Crippen LogP contribution in [0.2, 0.25) is 0 Å². The molecule has 70 valence electrons. The van der Waals surface area contributed by atoms with Crippen molar-refractivity contribution in [2.45, 2.75) is 57.3 Å². The van der Waals surface area contributed by atoms with Gasteiger partial charge in [0.15, 0.2) is 0 Å². The molecule has 1 N–H and O–H groups in total. The first kappa shape index (κ1) is 8.52. The molecule has 4 unspecified atom stereocenters. The number of rotatable bonds is 4. The van der Waals surface area contributed by atoms with Crippen LogP contribution in [0.3, 0.4) is 0 Å². The zero-order valence-corrected chi connectivity index (χ0v) is 7.92. The molecule has 0 spiro atoms. The largest absolute Gasteiger partial charge is 0.389 e. The first-order chi connectivity index (χ1) is 5.69. The van der Waals surface area contributed by atoms with Crippen LogP contribution in [0, 0.1) is 5.92 Å². The fourth-order valence-electron chi connectivity index (χ4n) is 2.21. The van der Waals surface area contributed by atoms with Crippen molar-refractivity contribution in [3.8, 4) is 0 Å². The molecule has 2 nitrogen and oxygen atoms in total. The Bertz CT molecular complexity index is 181. The summed E-state index contributed by atoms with van der Waals surface area (Å²) in [4.78, 5) is 0. The van der Waals surface area contributed by atoms with Gasteiger partial charge < -0.3 is 9.84 Å². The Kier molecular flexibility index (Phi) is 1.92. The van der Waals surface area contributed by atoms with Gasteiger partial charge in [-0.1, -0.05) is 20.3 Å². The van der Waals surface area contributed by atoms with Crippen LogP contribution in [0.4, 0.5) is 0 Å². The molecule has 1 saturated heterocycles. The highest BCUT2D eigenvalue weighted by atomic mass is 16.6. The molecule has 2 rings (SSSR count). The van der Waals surface area contributed by atoms with Crippen LogP contribution in [0.15, 0.2) is 0 Å². The summed E-state index contributed by atoms with van der Waals surface area (Å²) >= 11 is 0. The van der Waals surface area contributed by atoms with E-state index < -0.39 is 0 Å². The topological polar surface area (TPSA) is 32.8 Å². The fraction of sp³-hybridized carbons (Fsp3) is 1.00. The summed E-state index contributed by atoms with van der Waals surface area (Å²) in [6.45, 7) is 4.28. The van der Waals surface area contributed by atoms with E-state index in [0.29, 0.717) is 18.1 Å². The molecule has 1 aliphatic carbocycles. The monoisotopic (exact) mass is 170 g/mol. The second-order valence-electron chi connectivity index (χ2n) is 4.24. The van der Waals surface area contributed by atoms with Gasteiger partial charge >= 0.3 is 0 Å². The van der Waals surface area contributed by atoms with Crippen molar-refractivity contribution < 1.29 is 9.84 Å². The fourth-order valence-corrected chi connectivity index (χ4v) is 2.21. The van der Waals surface area contributed by atoms with E-state index in [0.717, 1.165) is 25.7 Å². The minimum atomic E-state index is -0.344. The van der Waals surface area contributed by atoms with Gasteiger partial charge in [-0.3, -0.25) is 0 Å². The Balaban J connectivity index is 1.75. The summed E-state index contributed by atoms with van der Waals surface area (Å²) in [6, 6.07) is 0. The average Bonchev–Trinajstić information content (AvgIpc) is 2.90. The van der Waals surface area contributed by atoms with Crippen molar-refractivity contribution in [2.75, 3.05) is 0 Å². The van der Waals surface area contributed by atoms with Crippen molar-refractivity contribution in [1.82, 2.24) is 0 Å². The number of ether oxygens (including phenoxy) is 1. The van der Waals surface area contributed by atoms with Crippen molar-refractivity contribution in [2.24, 2.45) is 5.92 Å². The van der Waals surface area contributed by atoms with E-state index in [2.05, 4.69) is 13.8 Å².